The number of guanidine groups is 1. The number of benzene rings is 1. The molecule has 2 N–H and O–H groups in total. The molecule has 0 aromatic heterocycles. The predicted molar refractivity (Wildman–Crippen MR) is 100 cm³/mol. The summed E-state index contributed by atoms with van der Waals surface area (Å²) in [6.07, 6.45) is -3.46. The number of hydrogen-bond acceptors (Lipinski definition) is 4. The molecule has 1 aromatic rings. The Morgan fingerprint density at radius 3 is 2.48 bits per heavy atom. The van der Waals surface area contributed by atoms with Crippen molar-refractivity contribution in [2.24, 2.45) is 4.99 Å². The van der Waals surface area contributed by atoms with Crippen molar-refractivity contribution < 1.29 is 22.6 Å². The van der Waals surface area contributed by atoms with Gasteiger partial charge in [0.15, 0.2) is 5.96 Å². The van der Waals surface area contributed by atoms with Gasteiger partial charge < -0.3 is 25.0 Å². The number of rotatable bonds is 11. The third-order valence-corrected chi connectivity index (χ3v) is 3.74. The second-order valence-corrected chi connectivity index (χ2v) is 5.92. The molecule has 0 heterocycles. The number of nitrogens with zero attached hydrogens (tertiary/aromatic N) is 2. The number of methoxy groups -OCH3 is 1. The van der Waals surface area contributed by atoms with Crippen LogP contribution in [0.15, 0.2) is 29.3 Å². The number of alkyl halides is 3. The number of halogens is 3. The molecule has 0 aliphatic rings. The van der Waals surface area contributed by atoms with Gasteiger partial charge in [-0.3, -0.25) is 4.99 Å². The zero-order chi connectivity index (χ0) is 20.1. The van der Waals surface area contributed by atoms with Crippen LogP contribution >= 0.6 is 0 Å². The van der Waals surface area contributed by atoms with Gasteiger partial charge in [0.05, 0.1) is 12.1 Å². The number of nitrogens with one attached hydrogen (secondary N) is 2. The van der Waals surface area contributed by atoms with E-state index in [2.05, 4.69) is 20.5 Å². The highest BCUT2D eigenvalue weighted by atomic mass is 19.4. The zero-order valence-electron chi connectivity index (χ0n) is 16.1. The van der Waals surface area contributed by atoms with Crippen LogP contribution in [0.4, 0.5) is 13.2 Å². The Hall–Kier alpha value is -2.00. The van der Waals surface area contributed by atoms with E-state index in [4.69, 9.17) is 9.47 Å². The highest BCUT2D eigenvalue weighted by Gasteiger charge is 2.33. The number of ether oxygens (including phenoxy) is 2. The van der Waals surface area contributed by atoms with Crippen molar-refractivity contribution in [1.29, 1.82) is 0 Å². The minimum absolute atomic E-state index is 0.0880. The minimum atomic E-state index is -4.43. The average molecular weight is 390 g/mol. The fourth-order valence-electron chi connectivity index (χ4n) is 2.33. The maximum atomic E-state index is 12.9. The summed E-state index contributed by atoms with van der Waals surface area (Å²) in [5.74, 6) is 0.403. The molecule has 0 aliphatic carbocycles. The second kappa shape index (κ2) is 12.4. The zero-order valence-corrected chi connectivity index (χ0v) is 16.1. The van der Waals surface area contributed by atoms with E-state index in [1.165, 1.54) is 18.2 Å². The van der Waals surface area contributed by atoms with E-state index in [9.17, 15) is 13.2 Å². The van der Waals surface area contributed by atoms with Gasteiger partial charge in [0.2, 0.25) is 0 Å². The number of likely N-dealkylation sites (N-methyl/N-ethyl adjacent to an activating group) is 1. The molecule has 0 unspecified atom stereocenters. The molecular weight excluding hydrogens is 361 g/mol. The predicted octanol–water partition coefficient (Wildman–Crippen LogP) is 2.22. The molecule has 1 rings (SSSR count). The van der Waals surface area contributed by atoms with E-state index < -0.39 is 11.7 Å². The molecular formula is C18H29F3N4O2. The molecule has 0 amide bonds. The first-order valence-corrected chi connectivity index (χ1v) is 8.79. The van der Waals surface area contributed by atoms with E-state index in [0.29, 0.717) is 19.0 Å². The molecule has 0 fully saturated rings. The largest absolute Gasteiger partial charge is 0.491 e. The Morgan fingerprint density at radius 2 is 1.81 bits per heavy atom. The molecule has 1 aromatic carbocycles. The lowest BCUT2D eigenvalue weighted by Gasteiger charge is -2.18. The smallest absolute Gasteiger partial charge is 0.419 e. The summed E-state index contributed by atoms with van der Waals surface area (Å²) in [5.41, 5.74) is -0.774. The minimum Gasteiger partial charge on any atom is -0.491 e. The lowest BCUT2D eigenvalue weighted by Crippen LogP contribution is -2.42. The highest BCUT2D eigenvalue weighted by molar-refractivity contribution is 5.79. The van der Waals surface area contributed by atoms with Crippen LogP contribution in [0, 0.1) is 0 Å². The topological polar surface area (TPSA) is 58.1 Å². The Bertz CT molecular complexity index is 568. The standard InChI is InChI=1S/C18H29F3N4O2/c1-22-17(23-9-12-25(2)11-6-13-26-3)24-10-14-27-16-8-5-4-7-15(16)18(19,20)21/h4-5,7-8H,6,9-14H2,1-3H3,(H2,22,23,24). The van der Waals surface area contributed by atoms with Crippen molar-refractivity contribution in [2.45, 2.75) is 12.6 Å². The third kappa shape index (κ3) is 9.48. The Labute approximate surface area is 158 Å². The average Bonchev–Trinajstić information content (AvgIpc) is 2.63. The number of para-hydroxylation sites is 1. The molecule has 0 atom stereocenters. The van der Waals surface area contributed by atoms with Gasteiger partial charge in [-0.05, 0) is 25.6 Å². The molecule has 0 saturated heterocycles. The first-order valence-electron chi connectivity index (χ1n) is 8.79. The fraction of sp³-hybridized carbons (Fsp3) is 0.611. The number of hydrogen-bond donors (Lipinski definition) is 2. The summed E-state index contributed by atoms with van der Waals surface area (Å²) >= 11 is 0. The summed E-state index contributed by atoms with van der Waals surface area (Å²) < 4.78 is 49.0. The highest BCUT2D eigenvalue weighted by Crippen LogP contribution is 2.35. The third-order valence-electron chi connectivity index (χ3n) is 3.74. The first kappa shape index (κ1) is 23.0. The van der Waals surface area contributed by atoms with Crippen LogP contribution in [0.2, 0.25) is 0 Å². The van der Waals surface area contributed by atoms with E-state index in [-0.39, 0.29) is 12.4 Å². The van der Waals surface area contributed by atoms with Gasteiger partial charge in [-0.2, -0.15) is 13.2 Å². The summed E-state index contributed by atoms with van der Waals surface area (Å²) in [5, 5.41) is 6.17. The van der Waals surface area contributed by atoms with Crippen LogP contribution in [0.5, 0.6) is 5.75 Å². The maximum absolute atomic E-state index is 12.9. The van der Waals surface area contributed by atoms with Gasteiger partial charge in [-0.15, -0.1) is 0 Å². The van der Waals surface area contributed by atoms with E-state index in [1.807, 2.05) is 7.05 Å². The quantitative estimate of drug-likeness (QED) is 0.345. The molecule has 9 heteroatoms. The Morgan fingerprint density at radius 1 is 1.11 bits per heavy atom. The molecule has 154 valence electrons. The van der Waals surface area contributed by atoms with Crippen molar-refractivity contribution in [3.05, 3.63) is 29.8 Å². The monoisotopic (exact) mass is 390 g/mol. The molecule has 0 bridgehead atoms. The van der Waals surface area contributed by atoms with Crippen molar-refractivity contribution in [3.63, 3.8) is 0 Å². The second-order valence-electron chi connectivity index (χ2n) is 5.92. The summed E-state index contributed by atoms with van der Waals surface area (Å²) in [6, 6.07) is 5.18. The lowest BCUT2D eigenvalue weighted by molar-refractivity contribution is -0.138. The van der Waals surface area contributed by atoms with E-state index in [0.717, 1.165) is 32.2 Å². The van der Waals surface area contributed by atoms with Crippen molar-refractivity contribution in [1.82, 2.24) is 15.5 Å². The number of aliphatic imine (C=N–C) groups is 1. The van der Waals surface area contributed by atoms with Gasteiger partial charge in [0.1, 0.15) is 12.4 Å². The first-order chi connectivity index (χ1) is 12.9. The van der Waals surface area contributed by atoms with Gasteiger partial charge in [0.25, 0.3) is 0 Å². The van der Waals surface area contributed by atoms with Crippen LogP contribution in [0.25, 0.3) is 0 Å². The van der Waals surface area contributed by atoms with Gasteiger partial charge >= 0.3 is 6.18 Å². The normalized spacial score (nSPS) is 12.3. The van der Waals surface area contributed by atoms with Crippen molar-refractivity contribution in [3.8, 4) is 5.75 Å². The van der Waals surface area contributed by atoms with Gasteiger partial charge in [0, 0.05) is 40.4 Å². The fourth-order valence-corrected chi connectivity index (χ4v) is 2.33. The SMILES string of the molecule is CN=C(NCCOc1ccccc1C(F)(F)F)NCCN(C)CCCOC. The summed E-state index contributed by atoms with van der Waals surface area (Å²) in [7, 11) is 5.35. The Balaban J connectivity index is 2.29. The maximum Gasteiger partial charge on any atom is 0.419 e. The Kier molecular flexibility index (Phi) is 10.6. The van der Waals surface area contributed by atoms with Crippen LogP contribution in [0.1, 0.15) is 12.0 Å². The summed E-state index contributed by atoms with van der Waals surface area (Å²) in [4.78, 5) is 6.26. The molecule has 0 radical (unpaired) electrons. The van der Waals surface area contributed by atoms with E-state index >= 15 is 0 Å². The molecule has 27 heavy (non-hydrogen) atoms. The van der Waals surface area contributed by atoms with Gasteiger partial charge in [-0.25, -0.2) is 0 Å². The van der Waals surface area contributed by atoms with Crippen LogP contribution in [-0.4, -0.2) is 71.5 Å². The summed E-state index contributed by atoms with van der Waals surface area (Å²) in [6.45, 7) is 3.62. The molecule has 0 spiro atoms. The van der Waals surface area contributed by atoms with E-state index in [1.54, 1.807) is 14.2 Å². The van der Waals surface area contributed by atoms with Crippen LogP contribution < -0.4 is 15.4 Å². The molecule has 6 nitrogen and oxygen atoms in total. The van der Waals surface area contributed by atoms with Crippen LogP contribution in [0.3, 0.4) is 0 Å². The van der Waals surface area contributed by atoms with Crippen molar-refractivity contribution in [2.75, 3.05) is 60.6 Å². The van der Waals surface area contributed by atoms with Crippen LogP contribution in [-0.2, 0) is 10.9 Å². The van der Waals surface area contributed by atoms with Gasteiger partial charge in [-0.1, -0.05) is 12.1 Å². The molecule has 0 aliphatic heterocycles. The lowest BCUT2D eigenvalue weighted by atomic mass is 10.2. The van der Waals surface area contributed by atoms with Crippen molar-refractivity contribution >= 4 is 5.96 Å². The molecule has 0 saturated carbocycles.